The minimum atomic E-state index is 0.196. The highest BCUT2D eigenvalue weighted by Crippen LogP contribution is 2.18. The van der Waals surface area contributed by atoms with Crippen LogP contribution in [0, 0.1) is 0 Å². The Balaban J connectivity index is 1.40. The van der Waals surface area contributed by atoms with Gasteiger partial charge in [0.2, 0.25) is 5.91 Å². The van der Waals surface area contributed by atoms with E-state index >= 15 is 0 Å². The molecular formula is C14H27N3O. The van der Waals surface area contributed by atoms with Crippen molar-refractivity contribution in [3.63, 3.8) is 0 Å². The molecule has 2 N–H and O–H groups in total. The molecule has 1 saturated heterocycles. The molecule has 2 aliphatic rings. The molecule has 0 unspecified atom stereocenters. The maximum Gasteiger partial charge on any atom is 0.221 e. The summed E-state index contributed by atoms with van der Waals surface area (Å²) in [6.45, 7) is 5.31. The molecule has 1 aliphatic heterocycles. The largest absolute Gasteiger partial charge is 0.356 e. The second-order valence-electron chi connectivity index (χ2n) is 5.58. The third kappa shape index (κ3) is 5.83. The minimum absolute atomic E-state index is 0.196. The molecule has 0 bridgehead atoms. The van der Waals surface area contributed by atoms with Gasteiger partial charge in [0, 0.05) is 25.6 Å². The van der Waals surface area contributed by atoms with Gasteiger partial charge in [0.1, 0.15) is 0 Å². The normalized spacial score (nSPS) is 20.9. The summed E-state index contributed by atoms with van der Waals surface area (Å²) in [5.74, 6) is 0.196. The van der Waals surface area contributed by atoms with Crippen LogP contribution in [-0.2, 0) is 4.79 Å². The lowest BCUT2D eigenvalue weighted by Crippen LogP contribution is -2.34. The number of piperidine rings is 1. The summed E-state index contributed by atoms with van der Waals surface area (Å²) in [6.07, 6.45) is 8.37. The number of amides is 1. The Kier molecular flexibility index (Phi) is 5.94. The Morgan fingerprint density at radius 2 is 1.89 bits per heavy atom. The van der Waals surface area contributed by atoms with E-state index in [2.05, 4.69) is 15.5 Å². The number of nitrogens with one attached hydrogen (secondary N) is 2. The van der Waals surface area contributed by atoms with Gasteiger partial charge in [-0.25, -0.2) is 0 Å². The Morgan fingerprint density at radius 1 is 1.11 bits per heavy atom. The van der Waals surface area contributed by atoms with Gasteiger partial charge in [-0.15, -0.1) is 0 Å². The predicted molar refractivity (Wildman–Crippen MR) is 73.6 cm³/mol. The number of hydrogen-bond acceptors (Lipinski definition) is 3. The lowest BCUT2D eigenvalue weighted by molar-refractivity contribution is -0.121. The first-order valence-electron chi connectivity index (χ1n) is 7.57. The minimum Gasteiger partial charge on any atom is -0.356 e. The van der Waals surface area contributed by atoms with E-state index in [1.54, 1.807) is 0 Å². The summed E-state index contributed by atoms with van der Waals surface area (Å²) < 4.78 is 0. The molecule has 1 heterocycles. The third-order valence-electron chi connectivity index (χ3n) is 3.78. The Hall–Kier alpha value is -0.610. The number of nitrogens with zero attached hydrogens (tertiary/aromatic N) is 1. The molecule has 2 fully saturated rings. The van der Waals surface area contributed by atoms with Gasteiger partial charge in [-0.2, -0.15) is 0 Å². The number of carbonyl (C=O) groups excluding carboxylic acids is 1. The summed E-state index contributed by atoms with van der Waals surface area (Å²) in [7, 11) is 0. The van der Waals surface area contributed by atoms with Crippen molar-refractivity contribution in [2.75, 3.05) is 32.7 Å². The van der Waals surface area contributed by atoms with E-state index in [-0.39, 0.29) is 5.91 Å². The van der Waals surface area contributed by atoms with Crippen molar-refractivity contribution < 1.29 is 4.79 Å². The first-order valence-corrected chi connectivity index (χ1v) is 7.57. The molecule has 18 heavy (non-hydrogen) atoms. The monoisotopic (exact) mass is 253 g/mol. The zero-order chi connectivity index (χ0) is 12.6. The summed E-state index contributed by atoms with van der Waals surface area (Å²) >= 11 is 0. The number of carbonyl (C=O) groups is 1. The van der Waals surface area contributed by atoms with Gasteiger partial charge in [0.25, 0.3) is 0 Å². The highest BCUT2D eigenvalue weighted by Gasteiger charge is 2.19. The van der Waals surface area contributed by atoms with Crippen molar-refractivity contribution in [2.24, 2.45) is 0 Å². The van der Waals surface area contributed by atoms with E-state index in [1.165, 1.54) is 45.2 Å². The lowest BCUT2D eigenvalue weighted by atomic mass is 10.1. The number of rotatable bonds is 8. The fourth-order valence-corrected chi connectivity index (χ4v) is 2.48. The van der Waals surface area contributed by atoms with E-state index in [0.29, 0.717) is 12.5 Å². The van der Waals surface area contributed by atoms with Gasteiger partial charge in [0.05, 0.1) is 0 Å². The van der Waals surface area contributed by atoms with Crippen LogP contribution in [0.15, 0.2) is 0 Å². The Morgan fingerprint density at radius 3 is 2.61 bits per heavy atom. The van der Waals surface area contributed by atoms with Crippen molar-refractivity contribution in [3.05, 3.63) is 0 Å². The van der Waals surface area contributed by atoms with E-state index < -0.39 is 0 Å². The van der Waals surface area contributed by atoms with Gasteiger partial charge in [0.15, 0.2) is 0 Å². The van der Waals surface area contributed by atoms with Crippen LogP contribution in [0.3, 0.4) is 0 Å². The first-order chi connectivity index (χ1) is 8.84. The molecule has 0 atom stereocenters. The van der Waals surface area contributed by atoms with Crippen LogP contribution < -0.4 is 10.6 Å². The smallest absolute Gasteiger partial charge is 0.221 e. The topological polar surface area (TPSA) is 44.4 Å². The summed E-state index contributed by atoms with van der Waals surface area (Å²) in [6, 6.07) is 0.705. The van der Waals surface area contributed by atoms with Crippen LogP contribution >= 0.6 is 0 Å². The molecule has 1 aliphatic carbocycles. The van der Waals surface area contributed by atoms with E-state index in [9.17, 15) is 4.79 Å². The maximum absolute atomic E-state index is 11.5. The second-order valence-corrected chi connectivity index (χ2v) is 5.58. The standard InChI is InChI=1S/C14H27N3O/c18-14(7-9-15-13-5-6-13)16-8-4-12-17-10-2-1-3-11-17/h13,15H,1-12H2,(H,16,18). The van der Waals surface area contributed by atoms with Gasteiger partial charge in [-0.3, -0.25) is 4.79 Å². The fourth-order valence-electron chi connectivity index (χ4n) is 2.48. The van der Waals surface area contributed by atoms with Gasteiger partial charge < -0.3 is 15.5 Å². The summed E-state index contributed by atoms with van der Waals surface area (Å²) in [4.78, 5) is 14.0. The van der Waals surface area contributed by atoms with E-state index in [1.807, 2.05) is 0 Å². The van der Waals surface area contributed by atoms with Crippen molar-refractivity contribution in [3.8, 4) is 0 Å². The van der Waals surface area contributed by atoms with Gasteiger partial charge in [-0.05, 0) is 51.7 Å². The lowest BCUT2D eigenvalue weighted by Gasteiger charge is -2.26. The van der Waals surface area contributed by atoms with Crippen molar-refractivity contribution >= 4 is 5.91 Å². The molecule has 1 amide bonds. The average Bonchev–Trinajstić information content (AvgIpc) is 3.20. The second kappa shape index (κ2) is 7.74. The zero-order valence-corrected chi connectivity index (χ0v) is 11.4. The van der Waals surface area contributed by atoms with Crippen molar-refractivity contribution in [2.45, 2.75) is 51.0 Å². The van der Waals surface area contributed by atoms with E-state index in [0.717, 1.165) is 26.1 Å². The van der Waals surface area contributed by atoms with E-state index in [4.69, 9.17) is 0 Å². The summed E-state index contributed by atoms with van der Waals surface area (Å²) in [5, 5.41) is 6.37. The quantitative estimate of drug-likeness (QED) is 0.637. The zero-order valence-electron chi connectivity index (χ0n) is 11.4. The highest BCUT2D eigenvalue weighted by atomic mass is 16.1. The van der Waals surface area contributed by atoms with Gasteiger partial charge >= 0.3 is 0 Å². The molecule has 0 radical (unpaired) electrons. The van der Waals surface area contributed by atoms with Crippen LogP contribution in [0.2, 0.25) is 0 Å². The Bertz CT molecular complexity index is 247. The van der Waals surface area contributed by atoms with Crippen molar-refractivity contribution in [1.29, 1.82) is 0 Å². The molecule has 4 heteroatoms. The summed E-state index contributed by atoms with van der Waals surface area (Å²) in [5.41, 5.74) is 0. The molecule has 4 nitrogen and oxygen atoms in total. The van der Waals surface area contributed by atoms with Crippen molar-refractivity contribution in [1.82, 2.24) is 15.5 Å². The highest BCUT2D eigenvalue weighted by molar-refractivity contribution is 5.75. The first kappa shape index (κ1) is 13.8. The molecule has 0 aromatic rings. The van der Waals surface area contributed by atoms with Crippen LogP contribution in [0.5, 0.6) is 0 Å². The van der Waals surface area contributed by atoms with Crippen LogP contribution in [0.25, 0.3) is 0 Å². The SMILES string of the molecule is O=C(CCNC1CC1)NCCCN1CCCCC1. The molecular weight excluding hydrogens is 226 g/mol. The number of hydrogen-bond donors (Lipinski definition) is 2. The average molecular weight is 253 g/mol. The van der Waals surface area contributed by atoms with Crippen LogP contribution in [0.4, 0.5) is 0 Å². The maximum atomic E-state index is 11.5. The molecule has 0 aromatic carbocycles. The molecule has 2 rings (SSSR count). The molecule has 0 aromatic heterocycles. The molecule has 1 saturated carbocycles. The fraction of sp³-hybridized carbons (Fsp3) is 0.929. The predicted octanol–water partition coefficient (Wildman–Crippen LogP) is 1.12. The third-order valence-corrected chi connectivity index (χ3v) is 3.78. The molecule has 104 valence electrons. The number of likely N-dealkylation sites (tertiary alicyclic amines) is 1. The Labute approximate surface area is 110 Å². The van der Waals surface area contributed by atoms with Gasteiger partial charge in [-0.1, -0.05) is 6.42 Å². The molecule has 0 spiro atoms. The van der Waals surface area contributed by atoms with Crippen LogP contribution in [0.1, 0.15) is 44.9 Å². The van der Waals surface area contributed by atoms with Crippen LogP contribution in [-0.4, -0.2) is 49.6 Å².